The number of para-hydroxylation sites is 1. The van der Waals surface area contributed by atoms with Crippen molar-refractivity contribution in [3.8, 4) is 0 Å². The lowest BCUT2D eigenvalue weighted by Gasteiger charge is -2.26. The fourth-order valence-electron chi connectivity index (χ4n) is 2.45. The van der Waals surface area contributed by atoms with Gasteiger partial charge >= 0.3 is 5.97 Å². The lowest BCUT2D eigenvalue weighted by molar-refractivity contribution is -0.135. The van der Waals surface area contributed by atoms with Crippen molar-refractivity contribution in [2.75, 3.05) is 29.9 Å². The Morgan fingerprint density at radius 3 is 2.94 bits per heavy atom. The number of carboxylic acids is 1. The second kappa shape index (κ2) is 5.29. The first-order chi connectivity index (χ1) is 8.59. The molecule has 0 radical (unpaired) electrons. The smallest absolute Gasteiger partial charge is 0.323 e. The maximum atomic E-state index is 11.0. The molecule has 4 heteroatoms. The van der Waals surface area contributed by atoms with Gasteiger partial charge in [-0.25, -0.2) is 0 Å². The summed E-state index contributed by atoms with van der Waals surface area (Å²) in [5, 5.41) is 12.4. The summed E-state index contributed by atoms with van der Waals surface area (Å²) in [4.78, 5) is 13.0. The minimum atomic E-state index is -0.776. The number of fused-ring (bicyclic) bond motifs is 1. The highest BCUT2D eigenvalue weighted by Gasteiger charge is 2.21. The highest BCUT2D eigenvalue weighted by molar-refractivity contribution is 5.81. The summed E-state index contributed by atoms with van der Waals surface area (Å²) in [6.45, 7) is 6.03. The van der Waals surface area contributed by atoms with Crippen LogP contribution in [0, 0.1) is 0 Å². The molecule has 0 unspecified atom stereocenters. The summed E-state index contributed by atoms with van der Waals surface area (Å²) in [7, 11) is 0. The Morgan fingerprint density at radius 1 is 1.50 bits per heavy atom. The number of carboxylic acid groups (broad SMARTS) is 1. The van der Waals surface area contributed by atoms with Gasteiger partial charge in [0, 0.05) is 13.1 Å². The van der Waals surface area contributed by atoms with Crippen molar-refractivity contribution in [1.29, 1.82) is 0 Å². The Kier molecular flexibility index (Phi) is 3.75. The third-order valence-electron chi connectivity index (χ3n) is 3.25. The molecule has 1 aromatic rings. The van der Waals surface area contributed by atoms with Gasteiger partial charge in [-0.3, -0.25) is 4.79 Å². The number of nitrogens with one attached hydrogen (secondary N) is 1. The van der Waals surface area contributed by atoms with E-state index in [1.807, 2.05) is 17.0 Å². The van der Waals surface area contributed by atoms with Crippen LogP contribution >= 0.6 is 0 Å². The molecule has 18 heavy (non-hydrogen) atoms. The molecule has 2 rings (SSSR count). The third kappa shape index (κ3) is 2.58. The molecule has 0 fully saturated rings. The van der Waals surface area contributed by atoms with Gasteiger partial charge in [0.25, 0.3) is 0 Å². The van der Waals surface area contributed by atoms with Gasteiger partial charge in [-0.15, -0.1) is 0 Å². The van der Waals surface area contributed by atoms with Crippen LogP contribution in [0.1, 0.15) is 31.7 Å². The van der Waals surface area contributed by atoms with E-state index in [0.717, 1.165) is 30.9 Å². The van der Waals surface area contributed by atoms with E-state index in [4.69, 9.17) is 5.11 Å². The predicted molar refractivity (Wildman–Crippen MR) is 73.5 cm³/mol. The monoisotopic (exact) mass is 248 g/mol. The topological polar surface area (TPSA) is 52.6 Å². The van der Waals surface area contributed by atoms with Crippen molar-refractivity contribution < 1.29 is 9.90 Å². The van der Waals surface area contributed by atoms with Gasteiger partial charge < -0.3 is 15.3 Å². The Morgan fingerprint density at radius 2 is 2.28 bits per heavy atom. The fourth-order valence-corrected chi connectivity index (χ4v) is 2.45. The lowest BCUT2D eigenvalue weighted by Crippen LogP contribution is -2.31. The maximum Gasteiger partial charge on any atom is 0.323 e. The first-order valence-electron chi connectivity index (χ1n) is 6.43. The number of carbonyl (C=O) groups is 1. The molecule has 0 saturated heterocycles. The summed E-state index contributed by atoms with van der Waals surface area (Å²) in [6.07, 6.45) is 0.958. The lowest BCUT2D eigenvalue weighted by atomic mass is 9.99. The summed E-state index contributed by atoms with van der Waals surface area (Å²) in [5.41, 5.74) is 3.33. The van der Waals surface area contributed by atoms with Crippen molar-refractivity contribution in [1.82, 2.24) is 0 Å². The molecule has 0 saturated carbocycles. The summed E-state index contributed by atoms with van der Waals surface area (Å²) in [5.74, 6) is -0.391. The number of anilines is 2. The average molecular weight is 248 g/mol. The Balaban J connectivity index is 2.46. The number of hydrogen-bond acceptors (Lipinski definition) is 3. The van der Waals surface area contributed by atoms with Crippen molar-refractivity contribution in [3.63, 3.8) is 0 Å². The van der Waals surface area contributed by atoms with E-state index in [0.29, 0.717) is 5.92 Å². The molecule has 98 valence electrons. The molecule has 0 aromatic heterocycles. The highest BCUT2D eigenvalue weighted by Crippen LogP contribution is 2.36. The quantitative estimate of drug-likeness (QED) is 0.863. The molecule has 2 N–H and O–H groups in total. The third-order valence-corrected chi connectivity index (χ3v) is 3.25. The van der Waals surface area contributed by atoms with E-state index < -0.39 is 5.97 Å². The second-order valence-electron chi connectivity index (χ2n) is 4.99. The Labute approximate surface area is 108 Å². The van der Waals surface area contributed by atoms with Crippen LogP contribution in [0.25, 0.3) is 0 Å². The van der Waals surface area contributed by atoms with Gasteiger partial charge in [-0.05, 0) is 24.0 Å². The van der Waals surface area contributed by atoms with Gasteiger partial charge in [0.1, 0.15) is 6.54 Å². The number of rotatable bonds is 3. The zero-order valence-corrected chi connectivity index (χ0v) is 10.9. The van der Waals surface area contributed by atoms with Crippen LogP contribution in [0.5, 0.6) is 0 Å². The van der Waals surface area contributed by atoms with E-state index in [-0.39, 0.29) is 6.54 Å². The van der Waals surface area contributed by atoms with Crippen molar-refractivity contribution in [2.45, 2.75) is 26.2 Å². The molecule has 0 amide bonds. The van der Waals surface area contributed by atoms with E-state index in [2.05, 4.69) is 25.2 Å². The molecule has 4 nitrogen and oxygen atoms in total. The largest absolute Gasteiger partial charge is 0.480 e. The van der Waals surface area contributed by atoms with E-state index in [1.54, 1.807) is 0 Å². The second-order valence-corrected chi connectivity index (χ2v) is 4.99. The molecule has 1 aromatic carbocycles. The van der Waals surface area contributed by atoms with Crippen LogP contribution < -0.4 is 10.2 Å². The normalized spacial score (nSPS) is 14.9. The zero-order chi connectivity index (χ0) is 13.1. The first kappa shape index (κ1) is 12.7. The summed E-state index contributed by atoms with van der Waals surface area (Å²) in [6, 6.07) is 6.15. The highest BCUT2D eigenvalue weighted by atomic mass is 16.4. The molecular formula is C14H20N2O2. The number of benzene rings is 1. The number of nitrogens with zero attached hydrogens (tertiary/aromatic N) is 1. The maximum absolute atomic E-state index is 11.0. The molecule has 0 bridgehead atoms. The van der Waals surface area contributed by atoms with Gasteiger partial charge in [0.15, 0.2) is 0 Å². The van der Waals surface area contributed by atoms with Crippen LogP contribution in [-0.4, -0.2) is 30.7 Å². The van der Waals surface area contributed by atoms with Crippen LogP contribution in [0.3, 0.4) is 0 Å². The molecule has 1 aliphatic heterocycles. The van der Waals surface area contributed by atoms with Crippen molar-refractivity contribution in [3.05, 3.63) is 23.8 Å². The van der Waals surface area contributed by atoms with Crippen LogP contribution in [0.15, 0.2) is 18.2 Å². The minimum Gasteiger partial charge on any atom is -0.480 e. The van der Waals surface area contributed by atoms with E-state index in [9.17, 15) is 4.79 Å². The van der Waals surface area contributed by atoms with Crippen molar-refractivity contribution >= 4 is 17.3 Å². The van der Waals surface area contributed by atoms with E-state index in [1.165, 1.54) is 5.56 Å². The van der Waals surface area contributed by atoms with Crippen LogP contribution in [0.2, 0.25) is 0 Å². The van der Waals surface area contributed by atoms with Crippen LogP contribution in [-0.2, 0) is 4.79 Å². The average Bonchev–Trinajstić information content (AvgIpc) is 2.51. The van der Waals surface area contributed by atoms with Gasteiger partial charge in [0.2, 0.25) is 0 Å². The first-order valence-corrected chi connectivity index (χ1v) is 6.43. The number of aliphatic carboxylic acids is 1. The molecular weight excluding hydrogens is 228 g/mol. The minimum absolute atomic E-state index is 0.0679. The predicted octanol–water partition coefficient (Wildman–Crippen LogP) is 2.52. The Hall–Kier alpha value is -1.71. The molecule has 0 aliphatic carbocycles. The molecule has 1 aliphatic rings. The number of hydrogen-bond donors (Lipinski definition) is 2. The molecule has 0 spiro atoms. The van der Waals surface area contributed by atoms with Gasteiger partial charge in [-0.1, -0.05) is 26.0 Å². The molecule has 1 heterocycles. The SMILES string of the molecule is CC(C)c1cccc2c1N(CC(=O)O)CCCN2. The fraction of sp³-hybridized carbons (Fsp3) is 0.500. The van der Waals surface area contributed by atoms with E-state index >= 15 is 0 Å². The van der Waals surface area contributed by atoms with Gasteiger partial charge in [0.05, 0.1) is 11.4 Å². The zero-order valence-electron chi connectivity index (χ0n) is 10.9. The standard InChI is InChI=1S/C14H20N2O2/c1-10(2)11-5-3-6-12-14(11)16(9-13(17)18)8-4-7-15-12/h3,5-6,10,15H,4,7-9H2,1-2H3,(H,17,18). The summed E-state index contributed by atoms with van der Waals surface area (Å²) >= 11 is 0. The van der Waals surface area contributed by atoms with Crippen LogP contribution in [0.4, 0.5) is 11.4 Å². The van der Waals surface area contributed by atoms with Gasteiger partial charge in [-0.2, -0.15) is 0 Å². The summed E-state index contributed by atoms with van der Waals surface area (Å²) < 4.78 is 0. The Bertz CT molecular complexity index is 443. The van der Waals surface area contributed by atoms with Crippen molar-refractivity contribution in [2.24, 2.45) is 0 Å². The molecule has 0 atom stereocenters.